The molecule has 6 rings (SSSR count). The minimum Gasteiger partial charge on any atom is -0.296 e. The predicted octanol–water partition coefficient (Wildman–Crippen LogP) is 5.93. The van der Waals surface area contributed by atoms with Crippen molar-refractivity contribution in [2.24, 2.45) is 7.05 Å². The number of halogens is 1. The Labute approximate surface area is 199 Å². The largest absolute Gasteiger partial charge is 0.296 e. The van der Waals surface area contributed by atoms with Crippen LogP contribution in [-0.2, 0) is 7.05 Å². The standard InChI is InChI=1S/C29H27FN4/c1-33-29(22-7-9-25(30)10-8-22)27(21-11-14-31-15-12-21)28(32-33)23-13-16-34-19-24(18-26(34)17-23)20-5-3-2-4-6-20/h2-12,14-15,17,24,26H,13,16,18-19H2,1H3. The van der Waals surface area contributed by atoms with E-state index in [0.29, 0.717) is 12.0 Å². The second kappa shape index (κ2) is 8.65. The highest BCUT2D eigenvalue weighted by Gasteiger charge is 2.35. The predicted molar refractivity (Wildman–Crippen MR) is 134 cm³/mol. The van der Waals surface area contributed by atoms with Crippen molar-refractivity contribution >= 4 is 5.57 Å². The number of rotatable bonds is 4. The summed E-state index contributed by atoms with van der Waals surface area (Å²) in [6.45, 7) is 2.15. The lowest BCUT2D eigenvalue weighted by Crippen LogP contribution is -2.32. The molecule has 0 bridgehead atoms. The second-order valence-electron chi connectivity index (χ2n) is 9.29. The lowest BCUT2D eigenvalue weighted by molar-refractivity contribution is 0.285. The summed E-state index contributed by atoms with van der Waals surface area (Å²) in [7, 11) is 1.98. The van der Waals surface area contributed by atoms with Crippen LogP contribution >= 0.6 is 0 Å². The molecule has 2 aliphatic rings. The van der Waals surface area contributed by atoms with Gasteiger partial charge >= 0.3 is 0 Å². The van der Waals surface area contributed by atoms with Gasteiger partial charge in [-0.2, -0.15) is 5.10 Å². The summed E-state index contributed by atoms with van der Waals surface area (Å²) in [4.78, 5) is 6.82. The lowest BCUT2D eigenvalue weighted by Gasteiger charge is -2.28. The van der Waals surface area contributed by atoms with Crippen molar-refractivity contribution < 1.29 is 4.39 Å². The van der Waals surface area contributed by atoms with E-state index in [1.54, 1.807) is 0 Å². The van der Waals surface area contributed by atoms with Gasteiger partial charge in [-0.25, -0.2) is 4.39 Å². The van der Waals surface area contributed by atoms with Crippen molar-refractivity contribution in [2.75, 3.05) is 13.1 Å². The minimum atomic E-state index is -0.235. The third-order valence-electron chi connectivity index (χ3n) is 7.22. The number of benzene rings is 2. The second-order valence-corrected chi connectivity index (χ2v) is 9.29. The van der Waals surface area contributed by atoms with Crippen molar-refractivity contribution in [3.63, 3.8) is 0 Å². The van der Waals surface area contributed by atoms with Gasteiger partial charge < -0.3 is 0 Å². The van der Waals surface area contributed by atoms with E-state index in [9.17, 15) is 4.39 Å². The molecule has 0 N–H and O–H groups in total. The molecule has 34 heavy (non-hydrogen) atoms. The molecule has 1 fully saturated rings. The first-order valence-corrected chi connectivity index (χ1v) is 11.9. The molecule has 0 spiro atoms. The van der Waals surface area contributed by atoms with Gasteiger partial charge in [0.1, 0.15) is 5.82 Å². The normalized spacial score (nSPS) is 20.2. The molecule has 2 aliphatic heterocycles. The highest BCUT2D eigenvalue weighted by atomic mass is 19.1. The van der Waals surface area contributed by atoms with Gasteiger partial charge in [-0.1, -0.05) is 36.4 Å². The van der Waals surface area contributed by atoms with E-state index in [2.05, 4.69) is 46.3 Å². The Hall–Kier alpha value is -3.57. The molecule has 2 aromatic carbocycles. The lowest BCUT2D eigenvalue weighted by atomic mass is 9.91. The molecule has 4 heterocycles. The van der Waals surface area contributed by atoms with E-state index < -0.39 is 0 Å². The molecule has 170 valence electrons. The summed E-state index contributed by atoms with van der Waals surface area (Å²) in [5.74, 6) is 0.334. The van der Waals surface area contributed by atoms with Crippen molar-refractivity contribution in [3.8, 4) is 22.4 Å². The Morgan fingerprint density at radius 1 is 0.912 bits per heavy atom. The van der Waals surface area contributed by atoms with Crippen LogP contribution in [0.5, 0.6) is 0 Å². The van der Waals surface area contributed by atoms with E-state index in [0.717, 1.165) is 54.0 Å². The number of pyridine rings is 1. The number of aromatic nitrogens is 3. The molecule has 2 unspecified atom stereocenters. The van der Waals surface area contributed by atoms with Gasteiger partial charge in [0.2, 0.25) is 0 Å². The highest BCUT2D eigenvalue weighted by molar-refractivity contribution is 5.90. The number of aryl methyl sites for hydroxylation is 1. The molecule has 1 saturated heterocycles. The van der Waals surface area contributed by atoms with E-state index >= 15 is 0 Å². The summed E-state index contributed by atoms with van der Waals surface area (Å²) in [6, 6.07) is 22.1. The number of fused-ring (bicyclic) bond motifs is 1. The van der Waals surface area contributed by atoms with Crippen LogP contribution < -0.4 is 0 Å². The fourth-order valence-corrected chi connectivity index (χ4v) is 5.59. The Morgan fingerprint density at radius 2 is 1.68 bits per heavy atom. The maximum absolute atomic E-state index is 13.7. The molecule has 0 aliphatic carbocycles. The zero-order valence-corrected chi connectivity index (χ0v) is 19.2. The molecule has 2 aromatic heterocycles. The Balaban J connectivity index is 1.42. The smallest absolute Gasteiger partial charge is 0.123 e. The summed E-state index contributed by atoms with van der Waals surface area (Å²) < 4.78 is 15.6. The molecule has 0 radical (unpaired) electrons. The molecular weight excluding hydrogens is 423 g/mol. The minimum absolute atomic E-state index is 0.235. The summed E-state index contributed by atoms with van der Waals surface area (Å²) >= 11 is 0. The average molecular weight is 451 g/mol. The molecule has 2 atom stereocenters. The third-order valence-corrected chi connectivity index (χ3v) is 7.22. The van der Waals surface area contributed by atoms with Crippen molar-refractivity contribution in [2.45, 2.75) is 24.8 Å². The van der Waals surface area contributed by atoms with Gasteiger partial charge in [0.25, 0.3) is 0 Å². The molecule has 4 nitrogen and oxygen atoms in total. The van der Waals surface area contributed by atoms with Crippen LogP contribution in [0, 0.1) is 5.82 Å². The van der Waals surface area contributed by atoms with Crippen LogP contribution in [0.15, 0.2) is 85.2 Å². The van der Waals surface area contributed by atoms with Crippen molar-refractivity contribution in [1.82, 2.24) is 19.7 Å². The van der Waals surface area contributed by atoms with Gasteiger partial charge in [0.05, 0.1) is 11.4 Å². The van der Waals surface area contributed by atoms with E-state index in [1.807, 2.05) is 48.4 Å². The average Bonchev–Trinajstić information content (AvgIpc) is 3.46. The first kappa shape index (κ1) is 21.0. The van der Waals surface area contributed by atoms with Gasteiger partial charge in [0.15, 0.2) is 0 Å². The Morgan fingerprint density at radius 3 is 2.44 bits per heavy atom. The van der Waals surface area contributed by atoms with Crippen molar-refractivity contribution in [1.29, 1.82) is 0 Å². The third kappa shape index (κ3) is 3.76. The zero-order valence-electron chi connectivity index (χ0n) is 19.2. The first-order valence-electron chi connectivity index (χ1n) is 11.9. The van der Waals surface area contributed by atoms with Crippen LogP contribution in [0.3, 0.4) is 0 Å². The van der Waals surface area contributed by atoms with Gasteiger partial charge in [-0.15, -0.1) is 0 Å². The van der Waals surface area contributed by atoms with E-state index in [1.165, 1.54) is 23.3 Å². The first-order chi connectivity index (χ1) is 16.7. The SMILES string of the molecule is Cn1nc(C2=CC3CC(c4ccccc4)CN3CC2)c(-c2ccncc2)c1-c1ccc(F)cc1. The fourth-order valence-electron chi connectivity index (χ4n) is 5.59. The van der Waals surface area contributed by atoms with Crippen LogP contribution in [0.4, 0.5) is 4.39 Å². The Kier molecular flexibility index (Phi) is 5.34. The van der Waals surface area contributed by atoms with Crippen molar-refractivity contribution in [3.05, 3.63) is 102 Å². The fraction of sp³-hybridized carbons (Fsp3) is 0.241. The molecule has 4 aromatic rings. The number of hydrogen-bond donors (Lipinski definition) is 0. The molecular formula is C29H27FN4. The summed E-state index contributed by atoms with van der Waals surface area (Å²) in [5.41, 5.74) is 7.88. The monoisotopic (exact) mass is 450 g/mol. The number of hydrogen-bond acceptors (Lipinski definition) is 3. The van der Waals surface area contributed by atoms with Gasteiger partial charge in [-0.3, -0.25) is 14.6 Å². The van der Waals surface area contributed by atoms with Gasteiger partial charge in [-0.05, 0) is 71.9 Å². The maximum Gasteiger partial charge on any atom is 0.123 e. The summed E-state index contributed by atoms with van der Waals surface area (Å²) in [6.07, 6.45) is 8.18. The maximum atomic E-state index is 13.7. The highest BCUT2D eigenvalue weighted by Crippen LogP contribution is 2.42. The van der Waals surface area contributed by atoms with Gasteiger partial charge in [0, 0.05) is 49.7 Å². The molecule has 0 saturated carbocycles. The van der Waals surface area contributed by atoms with Crippen LogP contribution in [0.1, 0.15) is 30.0 Å². The Bertz CT molecular complexity index is 1330. The zero-order chi connectivity index (χ0) is 23.1. The molecule has 5 heteroatoms. The quantitative estimate of drug-likeness (QED) is 0.386. The number of nitrogens with zero attached hydrogens (tertiary/aromatic N) is 4. The molecule has 0 amide bonds. The van der Waals surface area contributed by atoms with Crippen LogP contribution in [0.25, 0.3) is 28.0 Å². The van der Waals surface area contributed by atoms with E-state index in [4.69, 9.17) is 5.10 Å². The topological polar surface area (TPSA) is 34.0 Å². The van der Waals surface area contributed by atoms with Crippen LogP contribution in [-0.4, -0.2) is 38.8 Å². The van der Waals surface area contributed by atoms with E-state index in [-0.39, 0.29) is 5.82 Å². The van der Waals surface area contributed by atoms with Crippen LogP contribution in [0.2, 0.25) is 0 Å². The summed E-state index contributed by atoms with van der Waals surface area (Å²) in [5, 5.41) is 5.02.